The third-order valence-electron chi connectivity index (χ3n) is 4.75. The van der Waals surface area contributed by atoms with Crippen LogP contribution >= 0.6 is 0 Å². The third kappa shape index (κ3) is 16.1. The number of rotatable bonds is 17. The first-order chi connectivity index (χ1) is 11.7. The molecule has 2 heteroatoms. The predicted molar refractivity (Wildman–Crippen MR) is 105 cm³/mol. The van der Waals surface area contributed by atoms with E-state index in [2.05, 4.69) is 19.1 Å². The first-order valence-corrected chi connectivity index (χ1v) is 10.4. The number of hydrogen-bond donors (Lipinski definition) is 0. The molecule has 0 radical (unpaired) electrons. The van der Waals surface area contributed by atoms with Crippen LogP contribution in [0.5, 0.6) is 0 Å². The van der Waals surface area contributed by atoms with E-state index in [0.717, 1.165) is 12.8 Å². The number of methoxy groups -OCH3 is 1. The maximum atomic E-state index is 11.3. The minimum atomic E-state index is -0.0684. The smallest absolute Gasteiger partial charge is 0.308 e. The van der Waals surface area contributed by atoms with Gasteiger partial charge in [0.15, 0.2) is 0 Å². The first-order valence-electron chi connectivity index (χ1n) is 10.4. The first kappa shape index (κ1) is 23.2. The molecular weight excluding hydrogens is 296 g/mol. The molecule has 0 aliphatic heterocycles. The molecule has 0 aromatic heterocycles. The normalized spacial score (nSPS) is 12.6. The molecule has 0 amide bonds. The van der Waals surface area contributed by atoms with Crippen LogP contribution in [0.1, 0.15) is 110 Å². The highest BCUT2D eigenvalue weighted by Gasteiger charge is 2.11. The predicted octanol–water partition coefficient (Wildman–Crippen LogP) is 7.22. The summed E-state index contributed by atoms with van der Waals surface area (Å²) in [7, 11) is 1.47. The van der Waals surface area contributed by atoms with Crippen LogP contribution < -0.4 is 0 Å². The van der Waals surface area contributed by atoms with Crippen LogP contribution in [0.2, 0.25) is 0 Å². The molecule has 0 fully saturated rings. The molecule has 24 heavy (non-hydrogen) atoms. The van der Waals surface area contributed by atoms with E-state index >= 15 is 0 Å². The van der Waals surface area contributed by atoms with Crippen LogP contribution in [0, 0.1) is 5.92 Å². The molecule has 0 aromatic rings. The van der Waals surface area contributed by atoms with E-state index in [1.54, 1.807) is 0 Å². The molecule has 0 aliphatic rings. The summed E-state index contributed by atoms with van der Waals surface area (Å²) in [6, 6.07) is 0. The van der Waals surface area contributed by atoms with Crippen molar-refractivity contribution in [1.29, 1.82) is 0 Å². The molecule has 0 saturated carbocycles. The van der Waals surface area contributed by atoms with E-state index in [0.29, 0.717) is 0 Å². The molecule has 1 atom stereocenters. The Morgan fingerprint density at radius 3 is 1.75 bits per heavy atom. The fraction of sp³-hybridized carbons (Fsp3) is 0.864. The molecule has 0 heterocycles. The van der Waals surface area contributed by atoms with Gasteiger partial charge in [-0.05, 0) is 32.1 Å². The van der Waals surface area contributed by atoms with Crippen molar-refractivity contribution in [1.82, 2.24) is 0 Å². The van der Waals surface area contributed by atoms with Crippen LogP contribution in [0.25, 0.3) is 0 Å². The topological polar surface area (TPSA) is 26.3 Å². The number of ether oxygens (including phenoxy) is 1. The second kappa shape index (κ2) is 18.5. The van der Waals surface area contributed by atoms with Crippen molar-refractivity contribution in [2.24, 2.45) is 5.92 Å². The summed E-state index contributed by atoms with van der Waals surface area (Å²) >= 11 is 0. The Balaban J connectivity index is 3.20. The Labute approximate surface area is 151 Å². The molecule has 1 unspecified atom stereocenters. The zero-order chi connectivity index (χ0) is 17.9. The van der Waals surface area contributed by atoms with Crippen LogP contribution in [-0.2, 0) is 9.53 Å². The molecule has 0 aromatic carbocycles. The van der Waals surface area contributed by atoms with Gasteiger partial charge in [-0.2, -0.15) is 0 Å². The highest BCUT2D eigenvalue weighted by molar-refractivity contribution is 5.71. The number of hydrogen-bond acceptors (Lipinski definition) is 2. The highest BCUT2D eigenvalue weighted by atomic mass is 16.5. The number of carbonyl (C=O) groups excluding carboxylic acids is 1. The molecule has 0 saturated heterocycles. The van der Waals surface area contributed by atoms with Gasteiger partial charge in [-0.1, -0.05) is 90.2 Å². The Kier molecular flexibility index (Phi) is 17.9. The van der Waals surface area contributed by atoms with Gasteiger partial charge in [0.05, 0.1) is 13.0 Å². The van der Waals surface area contributed by atoms with Crippen molar-refractivity contribution < 1.29 is 9.53 Å². The molecule has 0 aliphatic carbocycles. The Morgan fingerprint density at radius 2 is 1.25 bits per heavy atom. The highest BCUT2D eigenvalue weighted by Crippen LogP contribution is 2.13. The molecule has 2 nitrogen and oxygen atoms in total. The Hall–Kier alpha value is -0.790. The summed E-state index contributed by atoms with van der Waals surface area (Å²) in [6.45, 7) is 4.23. The fourth-order valence-corrected chi connectivity index (χ4v) is 3.02. The lowest BCUT2D eigenvalue weighted by atomic mass is 10.0. The average molecular weight is 339 g/mol. The van der Waals surface area contributed by atoms with Crippen molar-refractivity contribution in [3.8, 4) is 0 Å². The number of allylic oxidation sites excluding steroid dienone is 2. The van der Waals surface area contributed by atoms with Crippen molar-refractivity contribution in [2.45, 2.75) is 110 Å². The van der Waals surface area contributed by atoms with Crippen LogP contribution in [0.3, 0.4) is 0 Å². The molecule has 142 valence electrons. The van der Waals surface area contributed by atoms with Crippen molar-refractivity contribution >= 4 is 5.97 Å². The van der Waals surface area contributed by atoms with Crippen LogP contribution in [-0.4, -0.2) is 13.1 Å². The van der Waals surface area contributed by atoms with Gasteiger partial charge >= 0.3 is 5.97 Å². The SMILES string of the molecule is CCCCCCCCCC=CCCCCCCCC(C)C(=O)OC. The van der Waals surface area contributed by atoms with Gasteiger partial charge in [0, 0.05) is 0 Å². The maximum Gasteiger partial charge on any atom is 0.308 e. The maximum absolute atomic E-state index is 11.3. The minimum absolute atomic E-state index is 0.0598. The number of esters is 1. The lowest BCUT2D eigenvalue weighted by Crippen LogP contribution is -2.12. The summed E-state index contributed by atoms with van der Waals surface area (Å²) in [5, 5.41) is 0. The standard InChI is InChI=1S/C22H42O2/c1-4-5-6-7-8-9-10-11-12-13-14-15-16-17-18-19-20-21(2)22(23)24-3/h12-13,21H,4-11,14-20H2,1-3H3. The zero-order valence-corrected chi connectivity index (χ0v) is 16.7. The van der Waals surface area contributed by atoms with Crippen molar-refractivity contribution in [2.75, 3.05) is 7.11 Å². The zero-order valence-electron chi connectivity index (χ0n) is 16.7. The van der Waals surface area contributed by atoms with E-state index in [1.165, 1.54) is 90.6 Å². The summed E-state index contributed by atoms with van der Waals surface area (Å²) in [5.41, 5.74) is 0. The van der Waals surface area contributed by atoms with Gasteiger partial charge < -0.3 is 4.74 Å². The fourth-order valence-electron chi connectivity index (χ4n) is 3.02. The second-order valence-electron chi connectivity index (χ2n) is 7.15. The van der Waals surface area contributed by atoms with E-state index in [-0.39, 0.29) is 11.9 Å². The third-order valence-corrected chi connectivity index (χ3v) is 4.75. The molecule has 0 spiro atoms. The molecule has 0 bridgehead atoms. The minimum Gasteiger partial charge on any atom is -0.469 e. The average Bonchev–Trinajstić information content (AvgIpc) is 2.60. The van der Waals surface area contributed by atoms with E-state index in [1.807, 2.05) is 6.92 Å². The van der Waals surface area contributed by atoms with E-state index < -0.39 is 0 Å². The summed E-state index contributed by atoms with van der Waals surface area (Å²) in [6.07, 6.45) is 24.3. The summed E-state index contributed by atoms with van der Waals surface area (Å²) in [5.74, 6) is -0.00863. The summed E-state index contributed by atoms with van der Waals surface area (Å²) < 4.78 is 4.74. The van der Waals surface area contributed by atoms with Gasteiger partial charge in [0.25, 0.3) is 0 Å². The summed E-state index contributed by atoms with van der Waals surface area (Å²) in [4.78, 5) is 11.3. The monoisotopic (exact) mass is 338 g/mol. The lowest BCUT2D eigenvalue weighted by Gasteiger charge is -2.08. The van der Waals surface area contributed by atoms with Gasteiger partial charge in [-0.25, -0.2) is 0 Å². The second-order valence-corrected chi connectivity index (χ2v) is 7.15. The molecule has 0 rings (SSSR count). The van der Waals surface area contributed by atoms with Gasteiger partial charge in [0.2, 0.25) is 0 Å². The van der Waals surface area contributed by atoms with Crippen LogP contribution in [0.4, 0.5) is 0 Å². The quantitative estimate of drug-likeness (QED) is 0.159. The van der Waals surface area contributed by atoms with Crippen molar-refractivity contribution in [3.63, 3.8) is 0 Å². The Bertz CT molecular complexity index is 296. The van der Waals surface area contributed by atoms with Crippen LogP contribution in [0.15, 0.2) is 12.2 Å². The number of carbonyl (C=O) groups is 1. The van der Waals surface area contributed by atoms with Gasteiger partial charge in [0.1, 0.15) is 0 Å². The largest absolute Gasteiger partial charge is 0.469 e. The van der Waals surface area contributed by atoms with Gasteiger partial charge in [-0.3, -0.25) is 4.79 Å². The lowest BCUT2D eigenvalue weighted by molar-refractivity contribution is -0.145. The van der Waals surface area contributed by atoms with Crippen molar-refractivity contribution in [3.05, 3.63) is 12.2 Å². The number of unbranched alkanes of at least 4 members (excludes halogenated alkanes) is 12. The van der Waals surface area contributed by atoms with Gasteiger partial charge in [-0.15, -0.1) is 0 Å². The Morgan fingerprint density at radius 1 is 0.792 bits per heavy atom. The molecule has 0 N–H and O–H groups in total. The molecular formula is C22H42O2. The van der Waals surface area contributed by atoms with E-state index in [9.17, 15) is 4.79 Å². The van der Waals surface area contributed by atoms with E-state index in [4.69, 9.17) is 4.74 Å².